The first-order chi connectivity index (χ1) is 10.0. The maximum atomic E-state index is 11.9. The zero-order chi connectivity index (χ0) is 17.0. The molecule has 0 saturated heterocycles. The maximum absolute atomic E-state index is 11.9. The van der Waals surface area contributed by atoms with Crippen LogP contribution in [0.4, 0.5) is 0 Å². The van der Waals surface area contributed by atoms with Crippen LogP contribution in [0.25, 0.3) is 0 Å². The molecular weight excluding hydrogens is 306 g/mol. The summed E-state index contributed by atoms with van der Waals surface area (Å²) in [5.41, 5.74) is 0.550. The lowest BCUT2D eigenvalue weighted by atomic mass is 9.99. The van der Waals surface area contributed by atoms with Crippen LogP contribution in [0, 0.1) is 0 Å². The van der Waals surface area contributed by atoms with Crippen molar-refractivity contribution in [1.82, 2.24) is 5.32 Å². The van der Waals surface area contributed by atoms with Gasteiger partial charge in [-0.2, -0.15) is 0 Å². The van der Waals surface area contributed by atoms with Crippen molar-refractivity contribution in [3.63, 3.8) is 0 Å². The number of carbonyl (C=O) groups excluding carboxylic acids is 1. The van der Waals surface area contributed by atoms with E-state index in [2.05, 4.69) is 5.32 Å². The third-order valence-corrected chi connectivity index (χ3v) is 5.77. The van der Waals surface area contributed by atoms with Gasteiger partial charge in [-0.25, -0.2) is 8.42 Å². The Labute approximate surface area is 130 Å². The molecule has 1 rings (SSSR count). The highest BCUT2D eigenvalue weighted by Crippen LogP contribution is 2.17. The van der Waals surface area contributed by atoms with Gasteiger partial charge in [0.15, 0.2) is 9.84 Å². The van der Waals surface area contributed by atoms with Crippen LogP contribution in [0.15, 0.2) is 30.3 Å². The Morgan fingerprint density at radius 3 is 2.18 bits per heavy atom. The number of nitrogens with one attached hydrogen (secondary N) is 1. The quantitative estimate of drug-likeness (QED) is 0.817. The van der Waals surface area contributed by atoms with Crippen molar-refractivity contribution in [1.29, 1.82) is 0 Å². The molecule has 1 aromatic carbocycles. The van der Waals surface area contributed by atoms with E-state index in [1.807, 2.05) is 0 Å². The minimum atomic E-state index is -3.59. The van der Waals surface area contributed by atoms with Crippen molar-refractivity contribution in [3.05, 3.63) is 35.9 Å². The number of hydrogen-bond donors (Lipinski definition) is 2. The van der Waals surface area contributed by atoms with E-state index < -0.39 is 38.1 Å². The summed E-state index contributed by atoms with van der Waals surface area (Å²) in [5.74, 6) is -3.35. The Balaban J connectivity index is 2.71. The molecule has 122 valence electrons. The van der Waals surface area contributed by atoms with Gasteiger partial charge in [0.2, 0.25) is 5.91 Å². The topological polar surface area (TPSA) is 101 Å². The SMILES string of the molecule is CC(C)(C)S(=O)(=O)CC(=O)NCC(C(=O)O)c1ccccc1. The van der Waals surface area contributed by atoms with Gasteiger partial charge >= 0.3 is 5.97 Å². The molecule has 0 fully saturated rings. The van der Waals surface area contributed by atoms with Gasteiger partial charge in [0.25, 0.3) is 0 Å². The van der Waals surface area contributed by atoms with Crippen LogP contribution in [0.5, 0.6) is 0 Å². The lowest BCUT2D eigenvalue weighted by molar-refractivity contribution is -0.138. The van der Waals surface area contributed by atoms with E-state index in [0.717, 1.165) is 0 Å². The number of hydrogen-bond acceptors (Lipinski definition) is 4. The van der Waals surface area contributed by atoms with Crippen molar-refractivity contribution in [2.24, 2.45) is 0 Å². The summed E-state index contributed by atoms with van der Waals surface area (Å²) in [6, 6.07) is 8.47. The fraction of sp³-hybridized carbons (Fsp3) is 0.467. The van der Waals surface area contributed by atoms with E-state index in [9.17, 15) is 23.1 Å². The van der Waals surface area contributed by atoms with Gasteiger partial charge in [-0.15, -0.1) is 0 Å². The molecule has 0 aliphatic carbocycles. The van der Waals surface area contributed by atoms with E-state index in [1.165, 1.54) is 20.8 Å². The van der Waals surface area contributed by atoms with Gasteiger partial charge in [-0.3, -0.25) is 9.59 Å². The summed E-state index contributed by atoms with van der Waals surface area (Å²) < 4.78 is 22.8. The Morgan fingerprint density at radius 1 is 1.18 bits per heavy atom. The predicted octanol–water partition coefficient (Wildman–Crippen LogP) is 1.18. The second kappa shape index (κ2) is 6.91. The minimum Gasteiger partial charge on any atom is -0.481 e. The largest absolute Gasteiger partial charge is 0.481 e. The Kier molecular flexibility index (Phi) is 5.71. The van der Waals surface area contributed by atoms with Gasteiger partial charge < -0.3 is 10.4 Å². The first-order valence-electron chi connectivity index (χ1n) is 6.81. The lowest BCUT2D eigenvalue weighted by Crippen LogP contribution is -2.40. The molecule has 1 amide bonds. The highest BCUT2D eigenvalue weighted by molar-refractivity contribution is 7.93. The van der Waals surface area contributed by atoms with Gasteiger partial charge in [0, 0.05) is 6.54 Å². The fourth-order valence-electron chi connectivity index (χ4n) is 1.69. The maximum Gasteiger partial charge on any atom is 0.312 e. The van der Waals surface area contributed by atoms with Crippen LogP contribution in [-0.2, 0) is 19.4 Å². The molecule has 0 radical (unpaired) electrons. The number of rotatable bonds is 6. The Hall–Kier alpha value is -1.89. The summed E-state index contributed by atoms with van der Waals surface area (Å²) in [5, 5.41) is 11.6. The normalized spacial score (nSPS) is 13.4. The molecule has 1 unspecified atom stereocenters. The summed E-state index contributed by atoms with van der Waals surface area (Å²) in [6.45, 7) is 4.39. The second-order valence-corrected chi connectivity index (χ2v) is 8.72. The lowest BCUT2D eigenvalue weighted by Gasteiger charge is -2.19. The summed E-state index contributed by atoms with van der Waals surface area (Å²) in [6.07, 6.45) is 0. The summed E-state index contributed by atoms with van der Waals surface area (Å²) in [4.78, 5) is 23.1. The van der Waals surface area contributed by atoms with Crippen LogP contribution in [0.1, 0.15) is 32.3 Å². The number of sulfone groups is 1. The zero-order valence-electron chi connectivity index (χ0n) is 12.9. The number of carboxylic acid groups (broad SMARTS) is 1. The molecular formula is C15H21NO5S. The van der Waals surface area contributed by atoms with E-state index in [1.54, 1.807) is 30.3 Å². The van der Waals surface area contributed by atoms with Crippen molar-refractivity contribution < 1.29 is 23.1 Å². The Morgan fingerprint density at radius 2 is 1.73 bits per heavy atom. The summed E-state index contributed by atoms with van der Waals surface area (Å²) in [7, 11) is -3.59. The zero-order valence-corrected chi connectivity index (χ0v) is 13.7. The molecule has 0 spiro atoms. The number of aliphatic carboxylic acids is 1. The number of amides is 1. The smallest absolute Gasteiger partial charge is 0.312 e. The molecule has 2 N–H and O–H groups in total. The molecule has 7 heteroatoms. The van der Waals surface area contributed by atoms with E-state index >= 15 is 0 Å². The molecule has 0 aliphatic heterocycles. The van der Waals surface area contributed by atoms with Crippen molar-refractivity contribution in [2.45, 2.75) is 31.4 Å². The third-order valence-electron chi connectivity index (χ3n) is 3.26. The Bertz CT molecular complexity index is 632. The van der Waals surface area contributed by atoms with Crippen molar-refractivity contribution in [2.75, 3.05) is 12.3 Å². The average molecular weight is 327 g/mol. The fourth-order valence-corrected chi connectivity index (χ4v) is 2.57. The molecule has 22 heavy (non-hydrogen) atoms. The molecule has 0 bridgehead atoms. The summed E-state index contributed by atoms with van der Waals surface area (Å²) >= 11 is 0. The molecule has 1 aromatic rings. The minimum absolute atomic E-state index is 0.155. The van der Waals surface area contributed by atoms with Gasteiger partial charge in [-0.1, -0.05) is 30.3 Å². The standard InChI is InChI=1S/C15H21NO5S/c1-15(2,3)22(20,21)10-13(17)16-9-12(14(18)19)11-7-5-4-6-8-11/h4-8,12H,9-10H2,1-3H3,(H,16,17)(H,18,19). The van der Waals surface area contributed by atoms with Crippen LogP contribution >= 0.6 is 0 Å². The van der Waals surface area contributed by atoms with Crippen LogP contribution < -0.4 is 5.32 Å². The highest BCUT2D eigenvalue weighted by atomic mass is 32.2. The third kappa shape index (κ3) is 4.84. The first-order valence-corrected chi connectivity index (χ1v) is 8.46. The second-order valence-electron chi connectivity index (χ2n) is 5.98. The van der Waals surface area contributed by atoms with Crippen LogP contribution in [0.2, 0.25) is 0 Å². The average Bonchev–Trinajstić information content (AvgIpc) is 2.37. The molecule has 6 nitrogen and oxygen atoms in total. The van der Waals surface area contributed by atoms with E-state index in [0.29, 0.717) is 5.56 Å². The van der Waals surface area contributed by atoms with Crippen LogP contribution in [0.3, 0.4) is 0 Å². The van der Waals surface area contributed by atoms with E-state index in [-0.39, 0.29) is 6.54 Å². The van der Waals surface area contributed by atoms with Crippen LogP contribution in [-0.4, -0.2) is 42.4 Å². The van der Waals surface area contributed by atoms with Gasteiger partial charge in [0.1, 0.15) is 5.75 Å². The molecule has 0 aromatic heterocycles. The highest BCUT2D eigenvalue weighted by Gasteiger charge is 2.31. The monoisotopic (exact) mass is 327 g/mol. The van der Waals surface area contributed by atoms with Gasteiger partial charge in [-0.05, 0) is 26.3 Å². The number of carbonyl (C=O) groups is 2. The number of carboxylic acids is 1. The first kappa shape index (κ1) is 18.2. The molecule has 0 aliphatic rings. The van der Waals surface area contributed by atoms with Crippen molar-refractivity contribution >= 4 is 21.7 Å². The molecule has 0 saturated carbocycles. The van der Waals surface area contributed by atoms with E-state index in [4.69, 9.17) is 0 Å². The number of benzene rings is 1. The predicted molar refractivity (Wildman–Crippen MR) is 83.4 cm³/mol. The molecule has 0 heterocycles. The molecule has 1 atom stereocenters. The van der Waals surface area contributed by atoms with Gasteiger partial charge in [0.05, 0.1) is 10.7 Å². The van der Waals surface area contributed by atoms with Crippen molar-refractivity contribution in [3.8, 4) is 0 Å².